The minimum absolute atomic E-state index is 0.167. The van der Waals surface area contributed by atoms with Crippen LogP contribution in [0.4, 0.5) is 0 Å². The Bertz CT molecular complexity index is 954. The fourth-order valence-corrected chi connectivity index (χ4v) is 4.78. The Morgan fingerprint density at radius 1 is 0.929 bits per heavy atom. The van der Waals surface area contributed by atoms with Gasteiger partial charge in [-0.2, -0.15) is 0 Å². The first-order valence-corrected chi connectivity index (χ1v) is 10.1. The standard InChI is InChI=1S/C25H30O3/c1-23(2)11-12-24(3,4)20-14-18(8-9-19(20)23)25(5)15-17-13-16(22(26)27-6)7-10-21(17)28-25/h7-10,13-14H,11-12,15H2,1-6H3. The third-order valence-electron chi connectivity index (χ3n) is 6.81. The molecule has 1 unspecified atom stereocenters. The zero-order chi connectivity index (χ0) is 20.3. The van der Waals surface area contributed by atoms with Crippen molar-refractivity contribution in [1.82, 2.24) is 0 Å². The Morgan fingerprint density at radius 3 is 2.29 bits per heavy atom. The van der Waals surface area contributed by atoms with Crippen LogP contribution in [0.5, 0.6) is 5.75 Å². The van der Waals surface area contributed by atoms with Crippen LogP contribution in [0.25, 0.3) is 0 Å². The van der Waals surface area contributed by atoms with Crippen molar-refractivity contribution in [1.29, 1.82) is 0 Å². The first-order valence-electron chi connectivity index (χ1n) is 10.1. The van der Waals surface area contributed by atoms with E-state index >= 15 is 0 Å². The highest BCUT2D eigenvalue weighted by Gasteiger charge is 2.41. The van der Waals surface area contributed by atoms with E-state index in [0.717, 1.165) is 17.7 Å². The van der Waals surface area contributed by atoms with Gasteiger partial charge in [0.1, 0.15) is 11.4 Å². The average molecular weight is 379 g/mol. The summed E-state index contributed by atoms with van der Waals surface area (Å²) in [6.07, 6.45) is 3.15. The first kappa shape index (κ1) is 19.0. The summed E-state index contributed by atoms with van der Waals surface area (Å²) in [4.78, 5) is 11.9. The monoisotopic (exact) mass is 378 g/mol. The molecule has 1 aliphatic carbocycles. The second kappa shape index (κ2) is 6.10. The van der Waals surface area contributed by atoms with Crippen LogP contribution in [0.1, 0.15) is 80.1 Å². The number of hydrogen-bond donors (Lipinski definition) is 0. The highest BCUT2D eigenvalue weighted by Crippen LogP contribution is 2.48. The Labute approximate surface area is 168 Å². The van der Waals surface area contributed by atoms with Crippen LogP contribution in [0.2, 0.25) is 0 Å². The van der Waals surface area contributed by atoms with Crippen LogP contribution < -0.4 is 4.74 Å². The zero-order valence-electron chi connectivity index (χ0n) is 17.8. The van der Waals surface area contributed by atoms with E-state index in [9.17, 15) is 4.79 Å². The summed E-state index contributed by atoms with van der Waals surface area (Å²) in [5.41, 5.74) is 5.68. The molecule has 0 fully saturated rings. The summed E-state index contributed by atoms with van der Waals surface area (Å²) < 4.78 is 11.3. The Morgan fingerprint density at radius 2 is 1.61 bits per heavy atom. The molecule has 4 rings (SSSR count). The summed E-state index contributed by atoms with van der Waals surface area (Å²) in [5, 5.41) is 0. The van der Waals surface area contributed by atoms with Gasteiger partial charge in [-0.25, -0.2) is 4.79 Å². The van der Waals surface area contributed by atoms with Gasteiger partial charge in [0.2, 0.25) is 0 Å². The maximum atomic E-state index is 11.9. The lowest BCUT2D eigenvalue weighted by Crippen LogP contribution is -2.35. The molecule has 0 aromatic heterocycles. The van der Waals surface area contributed by atoms with E-state index < -0.39 is 5.60 Å². The smallest absolute Gasteiger partial charge is 0.337 e. The number of carbonyl (C=O) groups is 1. The number of esters is 1. The van der Waals surface area contributed by atoms with Gasteiger partial charge in [-0.3, -0.25) is 0 Å². The average Bonchev–Trinajstić information content (AvgIpc) is 3.01. The fourth-order valence-electron chi connectivity index (χ4n) is 4.78. The molecule has 0 amide bonds. The van der Waals surface area contributed by atoms with Crippen LogP contribution in [0.3, 0.4) is 0 Å². The SMILES string of the molecule is COC(=O)c1ccc2c(c1)CC(C)(c1ccc3c(c1)C(C)(C)CCC3(C)C)O2. The van der Waals surface area contributed by atoms with Gasteiger partial charge in [0.15, 0.2) is 0 Å². The maximum Gasteiger partial charge on any atom is 0.337 e. The molecule has 2 aliphatic rings. The van der Waals surface area contributed by atoms with Crippen molar-refractivity contribution >= 4 is 5.97 Å². The second-order valence-electron chi connectivity index (χ2n) is 9.85. The van der Waals surface area contributed by atoms with E-state index in [1.165, 1.54) is 36.6 Å². The summed E-state index contributed by atoms with van der Waals surface area (Å²) in [6, 6.07) is 12.5. The lowest BCUT2D eigenvalue weighted by Gasteiger charge is -2.42. The molecule has 2 aromatic carbocycles. The third kappa shape index (κ3) is 2.92. The van der Waals surface area contributed by atoms with E-state index in [0.29, 0.717) is 5.56 Å². The number of carbonyl (C=O) groups excluding carboxylic acids is 1. The van der Waals surface area contributed by atoms with Crippen molar-refractivity contribution in [2.75, 3.05) is 7.11 Å². The highest BCUT2D eigenvalue weighted by molar-refractivity contribution is 5.89. The molecule has 2 aromatic rings. The van der Waals surface area contributed by atoms with Crippen LogP contribution in [-0.4, -0.2) is 13.1 Å². The van der Waals surface area contributed by atoms with Crippen molar-refractivity contribution in [3.63, 3.8) is 0 Å². The number of hydrogen-bond acceptors (Lipinski definition) is 3. The van der Waals surface area contributed by atoms with E-state index in [1.807, 2.05) is 12.1 Å². The minimum Gasteiger partial charge on any atom is -0.482 e. The number of fused-ring (bicyclic) bond motifs is 2. The van der Waals surface area contributed by atoms with Gasteiger partial charge in [0, 0.05) is 6.42 Å². The number of methoxy groups -OCH3 is 1. The van der Waals surface area contributed by atoms with Crippen LogP contribution in [-0.2, 0) is 27.6 Å². The predicted octanol–water partition coefficient (Wildman–Crippen LogP) is 5.67. The molecule has 1 heterocycles. The van der Waals surface area contributed by atoms with Gasteiger partial charge in [0.05, 0.1) is 12.7 Å². The van der Waals surface area contributed by atoms with Crippen LogP contribution >= 0.6 is 0 Å². The minimum atomic E-state index is -0.427. The van der Waals surface area contributed by atoms with Gasteiger partial charge < -0.3 is 9.47 Å². The van der Waals surface area contributed by atoms with Gasteiger partial charge >= 0.3 is 5.97 Å². The lowest BCUT2D eigenvalue weighted by atomic mass is 9.62. The molecule has 0 saturated heterocycles. The summed E-state index contributed by atoms with van der Waals surface area (Å²) >= 11 is 0. The van der Waals surface area contributed by atoms with Crippen molar-refractivity contribution < 1.29 is 14.3 Å². The number of benzene rings is 2. The quantitative estimate of drug-likeness (QED) is 0.631. The molecule has 0 spiro atoms. The molecule has 28 heavy (non-hydrogen) atoms. The predicted molar refractivity (Wildman–Crippen MR) is 111 cm³/mol. The summed E-state index contributed by atoms with van der Waals surface area (Å²) in [5.74, 6) is 0.543. The van der Waals surface area contributed by atoms with Gasteiger partial charge in [0.25, 0.3) is 0 Å². The third-order valence-corrected chi connectivity index (χ3v) is 6.81. The van der Waals surface area contributed by atoms with Gasteiger partial charge in [-0.1, -0.05) is 45.9 Å². The van der Waals surface area contributed by atoms with E-state index in [-0.39, 0.29) is 16.8 Å². The Kier molecular flexibility index (Phi) is 4.15. The normalized spacial score (nSPS) is 24.1. The summed E-state index contributed by atoms with van der Waals surface area (Å²) in [6.45, 7) is 11.5. The molecule has 148 valence electrons. The molecule has 0 N–H and O–H groups in total. The topological polar surface area (TPSA) is 35.5 Å². The lowest BCUT2D eigenvalue weighted by molar-refractivity contribution is 0.0600. The van der Waals surface area contributed by atoms with Gasteiger partial charge in [-0.15, -0.1) is 0 Å². The van der Waals surface area contributed by atoms with E-state index in [2.05, 4.69) is 52.8 Å². The Balaban J connectivity index is 1.73. The fraction of sp³-hybridized carbons (Fsp3) is 0.480. The second-order valence-corrected chi connectivity index (χ2v) is 9.85. The molecular formula is C25H30O3. The first-order chi connectivity index (χ1) is 13.1. The molecule has 0 bridgehead atoms. The molecule has 1 atom stereocenters. The molecule has 1 aliphatic heterocycles. The number of rotatable bonds is 2. The number of ether oxygens (including phenoxy) is 2. The maximum absolute atomic E-state index is 11.9. The highest BCUT2D eigenvalue weighted by atomic mass is 16.5. The summed E-state index contributed by atoms with van der Waals surface area (Å²) in [7, 11) is 1.41. The Hall–Kier alpha value is -2.29. The van der Waals surface area contributed by atoms with Crippen molar-refractivity contribution in [3.05, 3.63) is 64.2 Å². The van der Waals surface area contributed by atoms with Crippen molar-refractivity contribution in [2.24, 2.45) is 0 Å². The van der Waals surface area contributed by atoms with E-state index in [1.54, 1.807) is 6.07 Å². The van der Waals surface area contributed by atoms with Gasteiger partial charge in [-0.05, 0) is 71.0 Å². The van der Waals surface area contributed by atoms with E-state index in [4.69, 9.17) is 9.47 Å². The van der Waals surface area contributed by atoms with Crippen molar-refractivity contribution in [2.45, 2.75) is 70.3 Å². The molecular weight excluding hydrogens is 348 g/mol. The molecule has 0 saturated carbocycles. The largest absolute Gasteiger partial charge is 0.482 e. The molecule has 3 nitrogen and oxygen atoms in total. The van der Waals surface area contributed by atoms with Crippen molar-refractivity contribution in [3.8, 4) is 5.75 Å². The molecule has 0 radical (unpaired) electrons. The molecule has 3 heteroatoms. The van der Waals surface area contributed by atoms with Crippen LogP contribution in [0, 0.1) is 0 Å². The zero-order valence-corrected chi connectivity index (χ0v) is 17.8. The van der Waals surface area contributed by atoms with Crippen LogP contribution in [0.15, 0.2) is 36.4 Å².